The highest BCUT2D eigenvalue weighted by molar-refractivity contribution is 5.85. The van der Waals surface area contributed by atoms with Crippen LogP contribution < -0.4 is 11.1 Å². The molecular weight excluding hydrogens is 290 g/mol. The second-order valence-electron chi connectivity index (χ2n) is 7.12. The monoisotopic (exact) mass is 317 g/mol. The third-order valence-corrected chi connectivity index (χ3v) is 4.58. The summed E-state index contributed by atoms with van der Waals surface area (Å²) in [6.45, 7) is 7.27. The lowest BCUT2D eigenvalue weighted by molar-refractivity contribution is -0.131. The van der Waals surface area contributed by atoms with Gasteiger partial charge in [0.05, 0.1) is 6.04 Å². The summed E-state index contributed by atoms with van der Waals surface area (Å²) < 4.78 is 0. The highest BCUT2D eigenvalue weighted by Gasteiger charge is 2.39. The van der Waals surface area contributed by atoms with Crippen LogP contribution in [-0.4, -0.2) is 41.4 Å². The van der Waals surface area contributed by atoms with Crippen LogP contribution in [0.3, 0.4) is 0 Å². The fourth-order valence-corrected chi connectivity index (χ4v) is 3.42. The third-order valence-electron chi connectivity index (χ3n) is 4.58. The molecule has 1 heterocycles. The first-order valence-corrected chi connectivity index (χ1v) is 7.64. The molecule has 2 amide bonds. The van der Waals surface area contributed by atoms with Crippen molar-refractivity contribution >= 4 is 24.2 Å². The number of carbonyl (C=O) groups excluding carboxylic acids is 2. The van der Waals surface area contributed by atoms with Crippen molar-refractivity contribution in [2.75, 3.05) is 13.1 Å². The van der Waals surface area contributed by atoms with Crippen molar-refractivity contribution < 1.29 is 9.59 Å². The SMILES string of the molecule is CC(C)(C)N1CC(NC(=O)[C@@H]2CCC[C@@H]2CN)CC1=O.Cl. The lowest BCUT2D eigenvalue weighted by atomic mass is 9.95. The van der Waals surface area contributed by atoms with E-state index < -0.39 is 0 Å². The second-order valence-corrected chi connectivity index (χ2v) is 7.12. The highest BCUT2D eigenvalue weighted by atomic mass is 35.5. The van der Waals surface area contributed by atoms with Crippen molar-refractivity contribution in [1.82, 2.24) is 10.2 Å². The molecule has 1 aliphatic heterocycles. The molecule has 0 radical (unpaired) electrons. The molecule has 0 spiro atoms. The summed E-state index contributed by atoms with van der Waals surface area (Å²) in [5, 5.41) is 3.06. The van der Waals surface area contributed by atoms with Crippen molar-refractivity contribution in [1.29, 1.82) is 0 Å². The number of rotatable bonds is 3. The van der Waals surface area contributed by atoms with Crippen LogP contribution in [-0.2, 0) is 9.59 Å². The minimum Gasteiger partial charge on any atom is -0.351 e. The standard InChI is InChI=1S/C15H27N3O2.ClH/c1-15(2,3)18-9-11(7-13(18)19)17-14(20)12-6-4-5-10(12)8-16;/h10-12H,4-9,16H2,1-3H3,(H,17,20);1H/t10-,11?,12-;/m1./s1. The average molecular weight is 318 g/mol. The first kappa shape index (κ1) is 18.2. The molecule has 1 saturated carbocycles. The van der Waals surface area contributed by atoms with Gasteiger partial charge in [-0.25, -0.2) is 0 Å². The summed E-state index contributed by atoms with van der Waals surface area (Å²) in [6.07, 6.45) is 3.48. The predicted molar refractivity (Wildman–Crippen MR) is 85.1 cm³/mol. The fraction of sp³-hybridized carbons (Fsp3) is 0.867. The van der Waals surface area contributed by atoms with Crippen LogP contribution >= 0.6 is 12.4 Å². The molecule has 0 aromatic carbocycles. The summed E-state index contributed by atoms with van der Waals surface area (Å²) in [5.74, 6) is 0.570. The Kier molecular flexibility index (Phi) is 6.05. The molecule has 2 aliphatic rings. The lowest BCUT2D eigenvalue weighted by Gasteiger charge is -2.32. The van der Waals surface area contributed by atoms with Crippen molar-refractivity contribution in [3.8, 4) is 0 Å². The Bertz CT molecular complexity index is 395. The maximum atomic E-state index is 12.3. The Hall–Kier alpha value is -0.810. The number of nitrogens with zero attached hydrogens (tertiary/aromatic N) is 1. The summed E-state index contributed by atoms with van der Waals surface area (Å²) in [4.78, 5) is 26.2. The summed E-state index contributed by atoms with van der Waals surface area (Å²) in [7, 11) is 0. The molecule has 1 unspecified atom stereocenters. The van der Waals surface area contributed by atoms with E-state index in [-0.39, 0.29) is 41.7 Å². The van der Waals surface area contributed by atoms with Gasteiger partial charge >= 0.3 is 0 Å². The van der Waals surface area contributed by atoms with E-state index in [1.165, 1.54) is 0 Å². The Morgan fingerprint density at radius 3 is 2.57 bits per heavy atom. The number of hydrogen-bond donors (Lipinski definition) is 2. The van der Waals surface area contributed by atoms with E-state index in [0.717, 1.165) is 19.3 Å². The normalized spacial score (nSPS) is 29.4. The van der Waals surface area contributed by atoms with Gasteiger partial charge in [0, 0.05) is 24.4 Å². The molecule has 2 fully saturated rings. The van der Waals surface area contributed by atoms with Gasteiger partial charge in [-0.1, -0.05) is 6.42 Å². The number of likely N-dealkylation sites (tertiary alicyclic amines) is 1. The molecule has 0 bridgehead atoms. The number of nitrogens with one attached hydrogen (secondary N) is 1. The molecule has 21 heavy (non-hydrogen) atoms. The maximum Gasteiger partial charge on any atom is 0.225 e. The van der Waals surface area contributed by atoms with Crippen LogP contribution in [0, 0.1) is 11.8 Å². The quantitative estimate of drug-likeness (QED) is 0.824. The van der Waals surface area contributed by atoms with Crippen LogP contribution in [0.15, 0.2) is 0 Å². The van der Waals surface area contributed by atoms with Crippen LogP contribution in [0.25, 0.3) is 0 Å². The molecular formula is C15H28ClN3O2. The zero-order valence-corrected chi connectivity index (χ0v) is 14.0. The van der Waals surface area contributed by atoms with E-state index in [4.69, 9.17) is 5.73 Å². The van der Waals surface area contributed by atoms with Gasteiger partial charge in [-0.15, -0.1) is 12.4 Å². The zero-order chi connectivity index (χ0) is 14.9. The number of nitrogens with two attached hydrogens (primary N) is 1. The average Bonchev–Trinajstić information content (AvgIpc) is 2.94. The van der Waals surface area contributed by atoms with E-state index in [0.29, 0.717) is 25.4 Å². The summed E-state index contributed by atoms with van der Waals surface area (Å²) >= 11 is 0. The number of carbonyl (C=O) groups is 2. The topological polar surface area (TPSA) is 75.4 Å². The molecule has 3 atom stereocenters. The fourth-order valence-electron chi connectivity index (χ4n) is 3.42. The Balaban J connectivity index is 0.00000220. The molecule has 1 saturated heterocycles. The van der Waals surface area contributed by atoms with Gasteiger partial charge in [-0.05, 0) is 46.1 Å². The summed E-state index contributed by atoms with van der Waals surface area (Å²) in [5.41, 5.74) is 5.55. The van der Waals surface area contributed by atoms with Gasteiger partial charge < -0.3 is 16.0 Å². The largest absolute Gasteiger partial charge is 0.351 e. The molecule has 0 aromatic heterocycles. The molecule has 0 aromatic rings. The van der Waals surface area contributed by atoms with Gasteiger partial charge in [-0.3, -0.25) is 9.59 Å². The number of hydrogen-bond acceptors (Lipinski definition) is 3. The van der Waals surface area contributed by atoms with Crippen molar-refractivity contribution in [3.63, 3.8) is 0 Å². The smallest absolute Gasteiger partial charge is 0.225 e. The Morgan fingerprint density at radius 1 is 1.38 bits per heavy atom. The van der Waals surface area contributed by atoms with Gasteiger partial charge in [0.2, 0.25) is 11.8 Å². The van der Waals surface area contributed by atoms with E-state index in [1.54, 1.807) is 0 Å². The van der Waals surface area contributed by atoms with Crippen LogP contribution in [0.4, 0.5) is 0 Å². The summed E-state index contributed by atoms with van der Waals surface area (Å²) in [6, 6.07) is -0.0479. The number of halogens is 1. The third kappa shape index (κ3) is 4.10. The van der Waals surface area contributed by atoms with Crippen LogP contribution in [0.1, 0.15) is 46.5 Å². The predicted octanol–water partition coefficient (Wildman–Crippen LogP) is 1.30. The second kappa shape index (κ2) is 6.97. The van der Waals surface area contributed by atoms with Crippen molar-refractivity contribution in [3.05, 3.63) is 0 Å². The van der Waals surface area contributed by atoms with Crippen molar-refractivity contribution in [2.24, 2.45) is 17.6 Å². The molecule has 122 valence electrons. The highest BCUT2D eigenvalue weighted by Crippen LogP contribution is 2.31. The van der Waals surface area contributed by atoms with Gasteiger partial charge in [0.15, 0.2) is 0 Å². The van der Waals surface area contributed by atoms with E-state index in [9.17, 15) is 9.59 Å². The first-order valence-electron chi connectivity index (χ1n) is 7.64. The lowest BCUT2D eigenvalue weighted by Crippen LogP contribution is -2.46. The van der Waals surface area contributed by atoms with E-state index in [1.807, 2.05) is 25.7 Å². The Labute approximate surface area is 133 Å². The molecule has 6 heteroatoms. The zero-order valence-electron chi connectivity index (χ0n) is 13.2. The van der Waals surface area contributed by atoms with Gasteiger partial charge in [-0.2, -0.15) is 0 Å². The minimum atomic E-state index is -0.177. The van der Waals surface area contributed by atoms with Crippen molar-refractivity contribution in [2.45, 2.75) is 58.0 Å². The van der Waals surface area contributed by atoms with Gasteiger partial charge in [0.25, 0.3) is 0 Å². The van der Waals surface area contributed by atoms with Crippen LogP contribution in [0.2, 0.25) is 0 Å². The maximum absolute atomic E-state index is 12.3. The van der Waals surface area contributed by atoms with E-state index >= 15 is 0 Å². The Morgan fingerprint density at radius 2 is 2.05 bits per heavy atom. The molecule has 3 N–H and O–H groups in total. The van der Waals surface area contributed by atoms with Gasteiger partial charge in [0.1, 0.15) is 0 Å². The molecule has 2 rings (SSSR count). The molecule has 1 aliphatic carbocycles. The van der Waals surface area contributed by atoms with Crippen LogP contribution in [0.5, 0.6) is 0 Å². The minimum absolute atomic E-state index is 0. The first-order chi connectivity index (χ1) is 9.32. The van der Waals surface area contributed by atoms with E-state index in [2.05, 4.69) is 5.32 Å². The number of amides is 2. The molecule has 5 nitrogen and oxygen atoms in total.